The van der Waals surface area contributed by atoms with Crippen molar-refractivity contribution in [1.29, 1.82) is 0 Å². The third-order valence-corrected chi connectivity index (χ3v) is 8.61. The van der Waals surface area contributed by atoms with Crippen molar-refractivity contribution in [2.75, 3.05) is 19.5 Å². The molecule has 0 spiro atoms. The van der Waals surface area contributed by atoms with E-state index in [4.69, 9.17) is 19.4 Å². The van der Waals surface area contributed by atoms with Crippen molar-refractivity contribution in [3.8, 4) is 34.3 Å². The van der Waals surface area contributed by atoms with Crippen LogP contribution >= 0.6 is 15.9 Å². The highest BCUT2D eigenvalue weighted by Crippen LogP contribution is 2.30. The number of aromatic nitrogens is 4. The van der Waals surface area contributed by atoms with Gasteiger partial charge in [0, 0.05) is 35.3 Å². The number of methoxy groups -OCH3 is 2. The summed E-state index contributed by atoms with van der Waals surface area (Å²) >= 11 is 3.23. The molecule has 4 aromatic carbocycles. The van der Waals surface area contributed by atoms with E-state index in [1.807, 2.05) is 84.9 Å². The first-order valence-electron chi connectivity index (χ1n) is 16.4. The molecule has 0 saturated heterocycles. The SMILES string of the molecule is COc1cccc(-c2nc3cc(C(=O)CBr)ccc3n2CC(C)C)c1.COc1cccc(-c2nc3cc(C(C)=O)ccc3n2CC(C)C)c1. The molecule has 0 unspecified atom stereocenters. The maximum atomic E-state index is 12.0. The molecular weight excluding hydrogens is 680 g/mol. The van der Waals surface area contributed by atoms with Crippen LogP contribution in [-0.4, -0.2) is 50.2 Å². The van der Waals surface area contributed by atoms with Crippen LogP contribution in [0.25, 0.3) is 44.8 Å². The Bertz CT molecular complexity index is 2110. The molecule has 0 aliphatic carbocycles. The lowest BCUT2D eigenvalue weighted by Gasteiger charge is -2.12. The third-order valence-electron chi connectivity index (χ3n) is 8.10. The van der Waals surface area contributed by atoms with E-state index in [0.29, 0.717) is 28.3 Å². The molecule has 6 aromatic rings. The Morgan fingerprint density at radius 1 is 0.673 bits per heavy atom. The topological polar surface area (TPSA) is 88.2 Å². The highest BCUT2D eigenvalue weighted by atomic mass is 79.9. The van der Waals surface area contributed by atoms with E-state index in [1.165, 1.54) is 0 Å². The minimum atomic E-state index is 0.0539. The van der Waals surface area contributed by atoms with Gasteiger partial charge in [0.15, 0.2) is 11.6 Å². The first-order chi connectivity index (χ1) is 23.5. The summed E-state index contributed by atoms with van der Waals surface area (Å²) in [5, 5.41) is 0.313. The maximum Gasteiger partial charge on any atom is 0.173 e. The molecule has 2 heterocycles. The molecule has 0 radical (unpaired) electrons. The van der Waals surface area contributed by atoms with Crippen LogP contribution in [0.15, 0.2) is 84.9 Å². The highest BCUT2D eigenvalue weighted by Gasteiger charge is 2.17. The second kappa shape index (κ2) is 15.6. The third kappa shape index (κ3) is 8.11. The Morgan fingerprint density at radius 2 is 1.12 bits per heavy atom. The van der Waals surface area contributed by atoms with E-state index >= 15 is 0 Å². The van der Waals surface area contributed by atoms with Crippen LogP contribution in [0.3, 0.4) is 0 Å². The first-order valence-corrected chi connectivity index (χ1v) is 17.5. The van der Waals surface area contributed by atoms with Gasteiger partial charge in [0.2, 0.25) is 0 Å². The number of Topliss-reactive ketones (excluding diaryl/α,β-unsaturated/α-hetero) is 2. The molecule has 2 aromatic heterocycles. The molecule has 0 saturated carbocycles. The summed E-state index contributed by atoms with van der Waals surface area (Å²) in [6.07, 6.45) is 0. The minimum Gasteiger partial charge on any atom is -0.497 e. The summed E-state index contributed by atoms with van der Waals surface area (Å²) in [5.74, 6) is 4.48. The number of imidazole rings is 2. The number of carbonyl (C=O) groups excluding carboxylic acids is 2. The van der Waals surface area contributed by atoms with Gasteiger partial charge in [-0.2, -0.15) is 0 Å². The molecule has 0 aliphatic rings. The molecule has 0 amide bonds. The van der Waals surface area contributed by atoms with Gasteiger partial charge in [-0.3, -0.25) is 9.59 Å². The average Bonchev–Trinajstić information content (AvgIpc) is 3.64. The van der Waals surface area contributed by atoms with Gasteiger partial charge in [-0.25, -0.2) is 9.97 Å². The number of fused-ring (bicyclic) bond motifs is 2. The van der Waals surface area contributed by atoms with Gasteiger partial charge in [0.1, 0.15) is 23.1 Å². The number of benzene rings is 4. The molecule has 49 heavy (non-hydrogen) atoms. The fourth-order valence-corrected chi connectivity index (χ4v) is 6.12. The lowest BCUT2D eigenvalue weighted by atomic mass is 10.1. The summed E-state index contributed by atoms with van der Waals surface area (Å²) < 4.78 is 15.1. The molecule has 254 valence electrons. The summed E-state index contributed by atoms with van der Waals surface area (Å²) in [6, 6.07) is 27.3. The zero-order valence-electron chi connectivity index (χ0n) is 29.2. The average molecular weight is 724 g/mol. The normalized spacial score (nSPS) is 11.2. The van der Waals surface area contributed by atoms with E-state index in [1.54, 1.807) is 21.1 Å². The Morgan fingerprint density at radius 3 is 1.53 bits per heavy atom. The predicted octanol–water partition coefficient (Wildman–Crippen LogP) is 9.52. The van der Waals surface area contributed by atoms with Crippen molar-refractivity contribution in [1.82, 2.24) is 19.1 Å². The molecule has 9 heteroatoms. The van der Waals surface area contributed by atoms with Gasteiger partial charge in [-0.05, 0) is 79.4 Å². The summed E-state index contributed by atoms with van der Waals surface area (Å²) in [6.45, 7) is 12.0. The van der Waals surface area contributed by atoms with E-state index in [2.05, 4.69) is 52.8 Å². The zero-order chi connectivity index (χ0) is 35.2. The van der Waals surface area contributed by atoms with Crippen LogP contribution < -0.4 is 9.47 Å². The van der Waals surface area contributed by atoms with Crippen LogP contribution in [-0.2, 0) is 13.1 Å². The molecule has 0 atom stereocenters. The van der Waals surface area contributed by atoms with E-state index < -0.39 is 0 Å². The summed E-state index contributed by atoms with van der Waals surface area (Å²) in [5.41, 5.74) is 7.15. The zero-order valence-corrected chi connectivity index (χ0v) is 30.7. The van der Waals surface area contributed by atoms with E-state index in [9.17, 15) is 9.59 Å². The Hall–Kier alpha value is -4.76. The van der Waals surface area contributed by atoms with Crippen LogP contribution in [0.2, 0.25) is 0 Å². The molecule has 8 nitrogen and oxygen atoms in total. The molecular formula is C40H43BrN4O4. The Labute approximate surface area is 296 Å². The van der Waals surface area contributed by atoms with Gasteiger partial charge in [-0.15, -0.1) is 0 Å². The monoisotopic (exact) mass is 722 g/mol. The van der Waals surface area contributed by atoms with Gasteiger partial charge < -0.3 is 18.6 Å². The lowest BCUT2D eigenvalue weighted by Crippen LogP contribution is -2.06. The molecule has 0 bridgehead atoms. The van der Waals surface area contributed by atoms with Crippen LogP contribution in [0.4, 0.5) is 0 Å². The Kier molecular flexibility index (Phi) is 11.3. The van der Waals surface area contributed by atoms with Gasteiger partial charge in [-0.1, -0.05) is 67.9 Å². The smallest absolute Gasteiger partial charge is 0.173 e. The summed E-state index contributed by atoms with van der Waals surface area (Å²) in [4.78, 5) is 33.3. The van der Waals surface area contributed by atoms with E-state index in [-0.39, 0.29) is 11.6 Å². The van der Waals surface area contributed by atoms with Crippen LogP contribution in [0.1, 0.15) is 55.3 Å². The van der Waals surface area contributed by atoms with Gasteiger partial charge in [0.05, 0.1) is 41.6 Å². The maximum absolute atomic E-state index is 12.0. The number of carbonyl (C=O) groups is 2. The number of ketones is 2. The number of rotatable bonds is 11. The fourth-order valence-electron chi connectivity index (χ4n) is 5.79. The molecule has 0 fully saturated rings. The molecule has 6 rings (SSSR count). The quantitative estimate of drug-likeness (QED) is 0.0978. The standard InChI is InChI=1S/C20H21BrN2O2.C20H22N2O2/c1-13(2)12-23-18-8-7-14(19(24)11-21)10-17(18)22-20(23)15-5-4-6-16(9-15)25-3;1-13(2)12-22-19-9-8-15(14(3)23)11-18(19)21-20(22)16-6-5-7-17(10-16)24-4/h4-10,13H,11-12H2,1-3H3;5-11,13H,12H2,1-4H3. The number of hydrogen-bond acceptors (Lipinski definition) is 6. The second-order valence-corrected chi connectivity index (χ2v) is 13.4. The molecule has 0 N–H and O–H groups in total. The number of nitrogens with zero attached hydrogens (tertiary/aromatic N) is 4. The van der Waals surface area contributed by atoms with Crippen LogP contribution in [0.5, 0.6) is 11.5 Å². The van der Waals surface area contributed by atoms with E-state index in [0.717, 1.165) is 69.4 Å². The van der Waals surface area contributed by atoms with Crippen molar-refractivity contribution < 1.29 is 19.1 Å². The number of alkyl halides is 1. The van der Waals surface area contributed by atoms with Crippen LogP contribution in [0, 0.1) is 11.8 Å². The van der Waals surface area contributed by atoms with Crippen molar-refractivity contribution in [2.45, 2.75) is 47.7 Å². The van der Waals surface area contributed by atoms with Crippen molar-refractivity contribution >= 4 is 49.6 Å². The highest BCUT2D eigenvalue weighted by molar-refractivity contribution is 9.09. The van der Waals surface area contributed by atoms with Crippen molar-refractivity contribution in [3.05, 3.63) is 96.1 Å². The van der Waals surface area contributed by atoms with Crippen molar-refractivity contribution in [2.24, 2.45) is 11.8 Å². The number of halogens is 1. The molecule has 0 aliphatic heterocycles. The van der Waals surface area contributed by atoms with Gasteiger partial charge >= 0.3 is 0 Å². The van der Waals surface area contributed by atoms with Gasteiger partial charge in [0.25, 0.3) is 0 Å². The fraction of sp³-hybridized carbons (Fsp3) is 0.300. The number of hydrogen-bond donors (Lipinski definition) is 0. The summed E-state index contributed by atoms with van der Waals surface area (Å²) in [7, 11) is 3.32. The largest absolute Gasteiger partial charge is 0.497 e. The second-order valence-electron chi connectivity index (χ2n) is 12.9. The predicted molar refractivity (Wildman–Crippen MR) is 201 cm³/mol. The Balaban J connectivity index is 0.000000191. The lowest BCUT2D eigenvalue weighted by molar-refractivity contribution is 0.101. The first kappa shape index (κ1) is 35.5. The van der Waals surface area contributed by atoms with Crippen molar-refractivity contribution in [3.63, 3.8) is 0 Å². The minimum absolute atomic E-state index is 0.0539. The number of ether oxygens (including phenoxy) is 2.